The van der Waals surface area contributed by atoms with Gasteiger partial charge in [-0.15, -0.1) is 0 Å². The second-order valence-electron chi connectivity index (χ2n) is 4.72. The maximum absolute atomic E-state index is 11.6. The Labute approximate surface area is 92.1 Å². The van der Waals surface area contributed by atoms with Crippen molar-refractivity contribution in [3.63, 3.8) is 0 Å². The summed E-state index contributed by atoms with van der Waals surface area (Å²) in [6.45, 7) is 9.72. The number of rotatable bonds is 5. The summed E-state index contributed by atoms with van der Waals surface area (Å²) in [5.74, 6) is 0.194. The van der Waals surface area contributed by atoms with E-state index in [2.05, 4.69) is 13.8 Å². The molecule has 3 nitrogen and oxygen atoms in total. The Morgan fingerprint density at radius 2 is 1.93 bits per heavy atom. The molecule has 0 aromatic rings. The van der Waals surface area contributed by atoms with E-state index in [0.717, 1.165) is 6.42 Å². The van der Waals surface area contributed by atoms with E-state index >= 15 is 0 Å². The lowest BCUT2D eigenvalue weighted by molar-refractivity contribution is -0.140. The van der Waals surface area contributed by atoms with E-state index in [0.29, 0.717) is 12.3 Å². The number of carbonyl (C=O) groups excluding carboxylic acids is 2. The molecular formula is C12H21NO2. The van der Waals surface area contributed by atoms with Crippen molar-refractivity contribution in [1.82, 2.24) is 4.90 Å². The molecule has 0 heterocycles. The minimum atomic E-state index is -0.424. The van der Waals surface area contributed by atoms with Crippen LogP contribution in [-0.4, -0.2) is 22.8 Å². The highest BCUT2D eigenvalue weighted by molar-refractivity contribution is 5.95. The van der Waals surface area contributed by atoms with Crippen LogP contribution >= 0.6 is 0 Å². The Balaban J connectivity index is 4.78. The highest BCUT2D eigenvalue weighted by Crippen LogP contribution is 2.22. The maximum atomic E-state index is 11.6. The largest absolute Gasteiger partial charge is 0.278 e. The summed E-state index contributed by atoms with van der Waals surface area (Å²) in [6, 6.07) is 0. The SMILES string of the molecule is C/C=C\C(=O)N(C=O)C(C)(C)CC(C)C. The Morgan fingerprint density at radius 1 is 1.40 bits per heavy atom. The normalized spacial score (nSPS) is 12.1. The topological polar surface area (TPSA) is 37.4 Å². The fraction of sp³-hybridized carbons (Fsp3) is 0.667. The molecule has 3 heteroatoms. The first-order chi connectivity index (χ1) is 6.85. The predicted octanol–water partition coefficient (Wildman–Crippen LogP) is 2.37. The third-order valence-electron chi connectivity index (χ3n) is 2.21. The number of nitrogens with zero attached hydrogens (tertiary/aromatic N) is 1. The van der Waals surface area contributed by atoms with Gasteiger partial charge in [0.1, 0.15) is 0 Å². The van der Waals surface area contributed by atoms with Gasteiger partial charge in [-0.1, -0.05) is 19.9 Å². The summed E-state index contributed by atoms with van der Waals surface area (Å²) < 4.78 is 0. The van der Waals surface area contributed by atoms with E-state index in [-0.39, 0.29) is 5.91 Å². The summed E-state index contributed by atoms with van der Waals surface area (Å²) in [4.78, 5) is 23.8. The van der Waals surface area contributed by atoms with Crippen LogP contribution in [0.4, 0.5) is 0 Å². The molecule has 0 aliphatic rings. The summed E-state index contributed by atoms with van der Waals surface area (Å²) in [5.41, 5.74) is -0.424. The van der Waals surface area contributed by atoms with Crippen LogP contribution in [0.2, 0.25) is 0 Å². The van der Waals surface area contributed by atoms with Gasteiger partial charge < -0.3 is 0 Å². The molecule has 0 unspecified atom stereocenters. The smallest absolute Gasteiger partial charge is 0.253 e. The zero-order chi connectivity index (χ0) is 12.1. The van der Waals surface area contributed by atoms with Crippen molar-refractivity contribution in [3.05, 3.63) is 12.2 Å². The summed E-state index contributed by atoms with van der Waals surface area (Å²) in [7, 11) is 0. The van der Waals surface area contributed by atoms with Gasteiger partial charge in [-0.25, -0.2) is 0 Å². The van der Waals surface area contributed by atoms with Crippen molar-refractivity contribution >= 4 is 12.3 Å². The van der Waals surface area contributed by atoms with Crippen LogP contribution in [0.3, 0.4) is 0 Å². The van der Waals surface area contributed by atoms with Crippen molar-refractivity contribution in [2.75, 3.05) is 0 Å². The van der Waals surface area contributed by atoms with Crippen molar-refractivity contribution in [2.24, 2.45) is 5.92 Å². The second kappa shape index (κ2) is 5.69. The van der Waals surface area contributed by atoms with Gasteiger partial charge >= 0.3 is 0 Å². The lowest BCUT2D eigenvalue weighted by Gasteiger charge is -2.34. The second-order valence-corrected chi connectivity index (χ2v) is 4.72. The number of allylic oxidation sites excluding steroid dienone is 1. The zero-order valence-electron chi connectivity index (χ0n) is 10.3. The Morgan fingerprint density at radius 3 is 2.27 bits per heavy atom. The third-order valence-corrected chi connectivity index (χ3v) is 2.21. The molecule has 86 valence electrons. The first kappa shape index (κ1) is 13.9. The molecule has 0 saturated carbocycles. The minimum absolute atomic E-state index is 0.252. The molecule has 15 heavy (non-hydrogen) atoms. The van der Waals surface area contributed by atoms with E-state index < -0.39 is 5.54 Å². The number of imide groups is 1. The van der Waals surface area contributed by atoms with Gasteiger partial charge in [0.05, 0.1) is 0 Å². The Hall–Kier alpha value is -1.12. The maximum Gasteiger partial charge on any atom is 0.253 e. The first-order valence-electron chi connectivity index (χ1n) is 5.26. The van der Waals surface area contributed by atoms with E-state index in [1.165, 1.54) is 11.0 Å². The van der Waals surface area contributed by atoms with Gasteiger partial charge in [-0.2, -0.15) is 0 Å². The van der Waals surface area contributed by atoms with E-state index in [4.69, 9.17) is 0 Å². The molecule has 2 amide bonds. The standard InChI is InChI=1S/C12H21NO2/c1-6-7-11(15)13(9-14)12(4,5)8-10(2)3/h6-7,9-10H,8H2,1-5H3/b7-6-. The van der Waals surface area contributed by atoms with E-state index in [1.807, 2.05) is 13.8 Å². The number of hydrogen-bond donors (Lipinski definition) is 0. The van der Waals surface area contributed by atoms with Gasteiger partial charge in [-0.05, 0) is 39.2 Å². The highest BCUT2D eigenvalue weighted by Gasteiger charge is 2.30. The Kier molecular flexibility index (Phi) is 5.26. The molecule has 0 aromatic heterocycles. The predicted molar refractivity (Wildman–Crippen MR) is 61.3 cm³/mol. The van der Waals surface area contributed by atoms with Gasteiger partial charge in [0.2, 0.25) is 6.41 Å². The van der Waals surface area contributed by atoms with Crippen molar-refractivity contribution in [1.29, 1.82) is 0 Å². The molecule has 0 radical (unpaired) electrons. The molecule has 0 saturated heterocycles. The average molecular weight is 211 g/mol. The van der Waals surface area contributed by atoms with E-state index in [1.54, 1.807) is 13.0 Å². The van der Waals surface area contributed by atoms with Crippen LogP contribution in [0.1, 0.15) is 41.0 Å². The summed E-state index contributed by atoms with van der Waals surface area (Å²) >= 11 is 0. The molecule has 0 rings (SSSR count). The first-order valence-corrected chi connectivity index (χ1v) is 5.26. The summed E-state index contributed by atoms with van der Waals surface area (Å²) in [5, 5.41) is 0. The fourth-order valence-electron chi connectivity index (χ4n) is 1.81. The molecule has 0 bridgehead atoms. The van der Waals surface area contributed by atoms with Crippen molar-refractivity contribution in [3.8, 4) is 0 Å². The van der Waals surface area contributed by atoms with Crippen LogP contribution in [0.15, 0.2) is 12.2 Å². The van der Waals surface area contributed by atoms with Gasteiger partial charge in [0, 0.05) is 5.54 Å². The number of amides is 2. The molecule has 0 aromatic carbocycles. The molecule has 0 N–H and O–H groups in total. The lowest BCUT2D eigenvalue weighted by atomic mass is 9.91. The number of carbonyl (C=O) groups is 2. The van der Waals surface area contributed by atoms with Crippen LogP contribution < -0.4 is 0 Å². The van der Waals surface area contributed by atoms with Crippen LogP contribution in [0.25, 0.3) is 0 Å². The highest BCUT2D eigenvalue weighted by atomic mass is 16.2. The third kappa shape index (κ3) is 4.28. The Bertz CT molecular complexity index is 254. The molecule has 0 aliphatic carbocycles. The monoisotopic (exact) mass is 211 g/mol. The van der Waals surface area contributed by atoms with Gasteiger partial charge in [-0.3, -0.25) is 14.5 Å². The van der Waals surface area contributed by atoms with Crippen LogP contribution in [0.5, 0.6) is 0 Å². The molecule has 0 aliphatic heterocycles. The molecule has 0 atom stereocenters. The van der Waals surface area contributed by atoms with Gasteiger partial charge in [0.25, 0.3) is 5.91 Å². The molecule has 0 spiro atoms. The van der Waals surface area contributed by atoms with Gasteiger partial charge in [0.15, 0.2) is 0 Å². The quantitative estimate of drug-likeness (QED) is 0.517. The number of hydrogen-bond acceptors (Lipinski definition) is 2. The lowest BCUT2D eigenvalue weighted by Crippen LogP contribution is -2.47. The fourth-order valence-corrected chi connectivity index (χ4v) is 1.81. The van der Waals surface area contributed by atoms with Crippen LogP contribution in [0, 0.1) is 5.92 Å². The zero-order valence-corrected chi connectivity index (χ0v) is 10.3. The molecule has 0 fully saturated rings. The van der Waals surface area contributed by atoms with Crippen molar-refractivity contribution < 1.29 is 9.59 Å². The van der Waals surface area contributed by atoms with Crippen molar-refractivity contribution in [2.45, 2.75) is 46.6 Å². The average Bonchev–Trinajstić information content (AvgIpc) is 2.01. The minimum Gasteiger partial charge on any atom is -0.278 e. The summed E-state index contributed by atoms with van der Waals surface area (Å²) in [6.07, 6.45) is 4.47. The molecular weight excluding hydrogens is 190 g/mol. The van der Waals surface area contributed by atoms with E-state index in [9.17, 15) is 9.59 Å². The van der Waals surface area contributed by atoms with Crippen LogP contribution in [-0.2, 0) is 9.59 Å².